The van der Waals surface area contributed by atoms with Crippen LogP contribution in [0.3, 0.4) is 0 Å². The maximum atomic E-state index is 12.4. The highest BCUT2D eigenvalue weighted by Crippen LogP contribution is 2.33. The molecule has 3 nitrogen and oxygen atoms in total. The van der Waals surface area contributed by atoms with E-state index in [9.17, 15) is 8.78 Å². The standard InChI is InChI=1S/C14H19F2NO2/c1-4-17-9-10(2)8-11-6-5-7-12(18-3)13(11)19-14(15)16/h5-8,14,17H,4,9H2,1-3H3. The first-order valence-corrected chi connectivity index (χ1v) is 6.08. The van der Waals surface area contributed by atoms with Crippen molar-refractivity contribution in [2.75, 3.05) is 20.2 Å². The second kappa shape index (κ2) is 7.74. The van der Waals surface area contributed by atoms with Crippen LogP contribution < -0.4 is 14.8 Å². The summed E-state index contributed by atoms with van der Waals surface area (Å²) in [5.41, 5.74) is 1.60. The zero-order valence-corrected chi connectivity index (χ0v) is 11.4. The quantitative estimate of drug-likeness (QED) is 0.825. The molecule has 19 heavy (non-hydrogen) atoms. The molecule has 0 atom stereocenters. The molecule has 0 spiro atoms. The molecule has 1 aromatic carbocycles. The maximum absolute atomic E-state index is 12.4. The summed E-state index contributed by atoms with van der Waals surface area (Å²) in [6, 6.07) is 5.05. The number of hydrogen-bond acceptors (Lipinski definition) is 3. The third-order valence-corrected chi connectivity index (χ3v) is 2.49. The van der Waals surface area contributed by atoms with Crippen molar-refractivity contribution in [2.45, 2.75) is 20.5 Å². The number of benzene rings is 1. The van der Waals surface area contributed by atoms with Crippen molar-refractivity contribution < 1.29 is 18.3 Å². The fourth-order valence-corrected chi connectivity index (χ4v) is 1.66. The van der Waals surface area contributed by atoms with Crippen LogP contribution in [0, 0.1) is 0 Å². The fraction of sp³-hybridized carbons (Fsp3) is 0.429. The predicted molar refractivity (Wildman–Crippen MR) is 71.8 cm³/mol. The van der Waals surface area contributed by atoms with Gasteiger partial charge in [0, 0.05) is 12.1 Å². The van der Waals surface area contributed by atoms with E-state index in [0.29, 0.717) is 17.9 Å². The highest BCUT2D eigenvalue weighted by Gasteiger charge is 2.14. The summed E-state index contributed by atoms with van der Waals surface area (Å²) >= 11 is 0. The lowest BCUT2D eigenvalue weighted by molar-refractivity contribution is -0.0513. The lowest BCUT2D eigenvalue weighted by atomic mass is 10.1. The van der Waals surface area contributed by atoms with Crippen LogP contribution >= 0.6 is 0 Å². The third-order valence-electron chi connectivity index (χ3n) is 2.49. The summed E-state index contributed by atoms with van der Waals surface area (Å²) in [4.78, 5) is 0. The van der Waals surface area contributed by atoms with Crippen molar-refractivity contribution in [2.24, 2.45) is 0 Å². The minimum Gasteiger partial charge on any atom is -0.493 e. The molecule has 0 amide bonds. The number of likely N-dealkylation sites (N-methyl/N-ethyl adjacent to an activating group) is 1. The van der Waals surface area contributed by atoms with E-state index in [2.05, 4.69) is 10.1 Å². The van der Waals surface area contributed by atoms with E-state index in [1.807, 2.05) is 19.9 Å². The minimum absolute atomic E-state index is 0.0656. The summed E-state index contributed by atoms with van der Waals surface area (Å²) in [5, 5.41) is 3.17. The van der Waals surface area contributed by atoms with Crippen LogP contribution in [0.1, 0.15) is 19.4 Å². The maximum Gasteiger partial charge on any atom is 0.387 e. The average Bonchev–Trinajstić information content (AvgIpc) is 2.37. The van der Waals surface area contributed by atoms with E-state index in [1.165, 1.54) is 7.11 Å². The SMILES string of the molecule is CCNCC(C)=Cc1cccc(OC)c1OC(F)F. The van der Waals surface area contributed by atoms with Crippen molar-refractivity contribution in [1.82, 2.24) is 5.32 Å². The molecule has 0 saturated heterocycles. The van der Waals surface area contributed by atoms with E-state index in [4.69, 9.17) is 4.74 Å². The molecule has 0 aliphatic carbocycles. The first kappa shape index (κ1) is 15.4. The van der Waals surface area contributed by atoms with Crippen molar-refractivity contribution in [3.8, 4) is 11.5 Å². The van der Waals surface area contributed by atoms with Gasteiger partial charge < -0.3 is 14.8 Å². The number of methoxy groups -OCH3 is 1. The zero-order chi connectivity index (χ0) is 14.3. The van der Waals surface area contributed by atoms with E-state index in [-0.39, 0.29) is 5.75 Å². The van der Waals surface area contributed by atoms with Crippen LogP contribution in [-0.2, 0) is 0 Å². The number of para-hydroxylation sites is 1. The number of hydrogen-bond donors (Lipinski definition) is 1. The molecule has 0 aliphatic heterocycles. The molecule has 0 fully saturated rings. The lowest BCUT2D eigenvalue weighted by Crippen LogP contribution is -2.14. The molecule has 1 aromatic rings. The summed E-state index contributed by atoms with van der Waals surface area (Å²) in [6.07, 6.45) is 1.81. The van der Waals surface area contributed by atoms with E-state index in [0.717, 1.165) is 12.1 Å². The second-order valence-corrected chi connectivity index (χ2v) is 4.03. The third kappa shape index (κ3) is 4.87. The zero-order valence-electron chi connectivity index (χ0n) is 11.4. The van der Waals surface area contributed by atoms with Gasteiger partial charge in [0.15, 0.2) is 11.5 Å². The molecule has 0 heterocycles. The van der Waals surface area contributed by atoms with Gasteiger partial charge in [-0.1, -0.05) is 30.7 Å². The van der Waals surface area contributed by atoms with Crippen LogP contribution in [0.5, 0.6) is 11.5 Å². The Morgan fingerprint density at radius 3 is 2.74 bits per heavy atom. The Hall–Kier alpha value is -1.62. The molecular weight excluding hydrogens is 252 g/mol. The molecule has 0 bridgehead atoms. The molecule has 0 aromatic heterocycles. The Labute approximate surface area is 112 Å². The first-order chi connectivity index (χ1) is 9.08. The van der Waals surface area contributed by atoms with Gasteiger partial charge in [0.1, 0.15) is 0 Å². The first-order valence-electron chi connectivity index (χ1n) is 6.08. The van der Waals surface area contributed by atoms with Crippen LogP contribution in [0.15, 0.2) is 23.8 Å². The molecular formula is C14H19F2NO2. The lowest BCUT2D eigenvalue weighted by Gasteiger charge is -2.13. The van der Waals surface area contributed by atoms with Gasteiger partial charge >= 0.3 is 6.61 Å². The molecule has 0 radical (unpaired) electrons. The summed E-state index contributed by atoms with van der Waals surface area (Å²) in [6.45, 7) is 2.60. The van der Waals surface area contributed by atoms with Gasteiger partial charge in [-0.05, 0) is 19.5 Å². The molecule has 1 rings (SSSR count). The number of halogens is 2. The van der Waals surface area contributed by atoms with Gasteiger partial charge in [-0.3, -0.25) is 0 Å². The van der Waals surface area contributed by atoms with Crippen LogP contribution in [0.4, 0.5) is 8.78 Å². The Bertz CT molecular complexity index is 433. The number of ether oxygens (including phenoxy) is 2. The highest BCUT2D eigenvalue weighted by atomic mass is 19.3. The second-order valence-electron chi connectivity index (χ2n) is 4.03. The summed E-state index contributed by atoms with van der Waals surface area (Å²) in [5.74, 6) is 0.362. The average molecular weight is 271 g/mol. The Kier molecular flexibility index (Phi) is 6.29. The topological polar surface area (TPSA) is 30.5 Å². The summed E-state index contributed by atoms with van der Waals surface area (Å²) < 4.78 is 34.5. The van der Waals surface area contributed by atoms with Gasteiger partial charge in [-0.15, -0.1) is 0 Å². The van der Waals surface area contributed by atoms with Crippen molar-refractivity contribution in [3.05, 3.63) is 29.3 Å². The Balaban J connectivity index is 3.04. The Morgan fingerprint density at radius 1 is 1.42 bits per heavy atom. The van der Waals surface area contributed by atoms with E-state index < -0.39 is 6.61 Å². The van der Waals surface area contributed by atoms with Crippen LogP contribution in [-0.4, -0.2) is 26.8 Å². The minimum atomic E-state index is -2.88. The normalized spacial score (nSPS) is 11.8. The van der Waals surface area contributed by atoms with Crippen molar-refractivity contribution >= 4 is 6.08 Å². The Morgan fingerprint density at radius 2 is 2.16 bits per heavy atom. The van der Waals surface area contributed by atoms with Crippen molar-refractivity contribution in [1.29, 1.82) is 0 Å². The van der Waals surface area contributed by atoms with Crippen LogP contribution in [0.2, 0.25) is 0 Å². The number of nitrogens with one attached hydrogen (secondary N) is 1. The molecule has 106 valence electrons. The largest absolute Gasteiger partial charge is 0.493 e. The van der Waals surface area contributed by atoms with E-state index in [1.54, 1.807) is 18.2 Å². The van der Waals surface area contributed by atoms with Crippen LogP contribution in [0.25, 0.3) is 6.08 Å². The van der Waals surface area contributed by atoms with Gasteiger partial charge in [0.25, 0.3) is 0 Å². The molecule has 5 heteroatoms. The number of rotatable bonds is 7. The molecule has 0 aliphatic rings. The monoisotopic (exact) mass is 271 g/mol. The van der Waals surface area contributed by atoms with Gasteiger partial charge in [0.05, 0.1) is 7.11 Å². The van der Waals surface area contributed by atoms with Gasteiger partial charge in [-0.25, -0.2) is 0 Å². The van der Waals surface area contributed by atoms with Gasteiger partial charge in [-0.2, -0.15) is 8.78 Å². The fourth-order valence-electron chi connectivity index (χ4n) is 1.66. The molecule has 0 saturated carbocycles. The smallest absolute Gasteiger partial charge is 0.387 e. The predicted octanol–water partition coefficient (Wildman–Crippen LogP) is 3.31. The number of alkyl halides is 2. The van der Waals surface area contributed by atoms with E-state index >= 15 is 0 Å². The highest BCUT2D eigenvalue weighted by molar-refractivity contribution is 5.64. The molecule has 1 N–H and O–H groups in total. The van der Waals surface area contributed by atoms with Gasteiger partial charge in [0.2, 0.25) is 0 Å². The molecule has 0 unspecified atom stereocenters. The summed E-state index contributed by atoms with van der Waals surface area (Å²) in [7, 11) is 1.42. The van der Waals surface area contributed by atoms with Crippen molar-refractivity contribution in [3.63, 3.8) is 0 Å².